The van der Waals surface area contributed by atoms with Gasteiger partial charge >= 0.3 is 0 Å². The molecule has 0 radical (unpaired) electrons. The molecule has 1 aromatic heterocycles. The number of aromatic amines is 1. The molecule has 0 saturated heterocycles. The van der Waals surface area contributed by atoms with Crippen molar-refractivity contribution in [2.24, 2.45) is 17.8 Å². The monoisotopic (exact) mass is 493 g/mol. The van der Waals surface area contributed by atoms with Crippen LogP contribution in [0.5, 0.6) is 0 Å². The lowest BCUT2D eigenvalue weighted by Crippen LogP contribution is -2.57. The lowest BCUT2D eigenvalue weighted by atomic mass is 9.81. The zero-order chi connectivity index (χ0) is 25.4. The Morgan fingerprint density at radius 1 is 1.19 bits per heavy atom. The Balaban J connectivity index is 1.48. The number of aromatic nitrogens is 4. The minimum atomic E-state index is -0.710. The molecule has 4 atom stereocenters. The molecular weight excluding hydrogens is 454 g/mol. The van der Waals surface area contributed by atoms with Crippen molar-refractivity contribution in [3.8, 4) is 0 Å². The minimum Gasteiger partial charge on any atom is -0.332 e. The largest absolute Gasteiger partial charge is 0.332 e. The molecule has 4 unspecified atom stereocenters. The summed E-state index contributed by atoms with van der Waals surface area (Å²) in [5.41, 5.74) is 2.22. The molecule has 9 heteroatoms. The molecule has 2 aliphatic carbocycles. The summed E-state index contributed by atoms with van der Waals surface area (Å²) in [6, 6.07) is 8.64. The van der Waals surface area contributed by atoms with Gasteiger partial charge in [-0.1, -0.05) is 50.6 Å². The quantitative estimate of drug-likeness (QED) is 0.522. The van der Waals surface area contributed by atoms with Crippen LogP contribution >= 0.6 is 0 Å². The molecule has 36 heavy (non-hydrogen) atoms. The SMILES string of the molecule is CCCC(c1nn[nH]n1)C(CC(C)C)C(=O)NC1C(=O)N(C2CC2)c2ccccc2C(C2CC2)N1C. The van der Waals surface area contributed by atoms with Crippen LogP contribution in [0.1, 0.15) is 89.1 Å². The van der Waals surface area contributed by atoms with Crippen molar-refractivity contribution in [1.29, 1.82) is 0 Å². The summed E-state index contributed by atoms with van der Waals surface area (Å²) in [6.45, 7) is 6.35. The number of H-pyrrole nitrogens is 1. The van der Waals surface area contributed by atoms with E-state index in [0.717, 1.165) is 44.2 Å². The Bertz CT molecular complexity index is 1060. The third-order valence-corrected chi connectivity index (χ3v) is 7.93. The van der Waals surface area contributed by atoms with Gasteiger partial charge in [0.15, 0.2) is 12.0 Å². The molecule has 2 amide bonds. The van der Waals surface area contributed by atoms with Crippen LogP contribution in [-0.2, 0) is 9.59 Å². The molecule has 2 saturated carbocycles. The van der Waals surface area contributed by atoms with Crippen molar-refractivity contribution < 1.29 is 9.59 Å². The lowest BCUT2D eigenvalue weighted by molar-refractivity contribution is -0.135. The summed E-state index contributed by atoms with van der Waals surface area (Å²) >= 11 is 0. The predicted molar refractivity (Wildman–Crippen MR) is 137 cm³/mol. The van der Waals surface area contributed by atoms with Crippen LogP contribution in [0.4, 0.5) is 5.69 Å². The number of benzene rings is 1. The zero-order valence-electron chi connectivity index (χ0n) is 21.9. The van der Waals surface area contributed by atoms with Crippen LogP contribution in [0.15, 0.2) is 24.3 Å². The molecule has 2 heterocycles. The van der Waals surface area contributed by atoms with Gasteiger partial charge in [0.1, 0.15) is 0 Å². The predicted octanol–water partition coefficient (Wildman–Crippen LogP) is 3.78. The van der Waals surface area contributed by atoms with Gasteiger partial charge in [0.05, 0.1) is 0 Å². The van der Waals surface area contributed by atoms with E-state index in [1.54, 1.807) is 0 Å². The molecule has 3 aliphatic rings. The summed E-state index contributed by atoms with van der Waals surface area (Å²) in [6.07, 6.45) is 5.96. The third kappa shape index (κ3) is 4.90. The smallest absolute Gasteiger partial charge is 0.265 e. The van der Waals surface area contributed by atoms with Gasteiger partial charge in [0.25, 0.3) is 5.91 Å². The molecular formula is C27H39N7O2. The fourth-order valence-corrected chi connectivity index (χ4v) is 5.98. The van der Waals surface area contributed by atoms with Crippen molar-refractivity contribution >= 4 is 17.5 Å². The highest BCUT2D eigenvalue weighted by Gasteiger charge is 2.49. The number of likely N-dealkylation sites (N-methyl/N-ethyl adjacent to an activating group) is 1. The number of rotatable bonds is 10. The summed E-state index contributed by atoms with van der Waals surface area (Å²) in [7, 11) is 2.00. The first kappa shape index (κ1) is 24.9. The summed E-state index contributed by atoms with van der Waals surface area (Å²) in [5, 5.41) is 18.0. The number of hydrogen-bond donors (Lipinski definition) is 2. The number of fused-ring (bicyclic) bond motifs is 1. The molecule has 0 spiro atoms. The van der Waals surface area contributed by atoms with Crippen LogP contribution in [0.3, 0.4) is 0 Å². The van der Waals surface area contributed by atoms with E-state index >= 15 is 0 Å². The average Bonchev–Trinajstić information content (AvgIpc) is 3.79. The van der Waals surface area contributed by atoms with Crippen LogP contribution in [0, 0.1) is 17.8 Å². The van der Waals surface area contributed by atoms with Gasteiger partial charge in [-0.15, -0.1) is 10.2 Å². The first-order valence-corrected chi connectivity index (χ1v) is 13.6. The fraction of sp³-hybridized carbons (Fsp3) is 0.667. The van der Waals surface area contributed by atoms with E-state index < -0.39 is 6.17 Å². The van der Waals surface area contributed by atoms with Crippen molar-refractivity contribution in [3.63, 3.8) is 0 Å². The number of carbonyl (C=O) groups is 2. The van der Waals surface area contributed by atoms with E-state index in [1.807, 2.05) is 18.0 Å². The Labute approximate surface area is 213 Å². The number of hydrogen-bond acceptors (Lipinski definition) is 6. The molecule has 2 N–H and O–H groups in total. The summed E-state index contributed by atoms with van der Waals surface area (Å²) < 4.78 is 0. The number of nitrogens with one attached hydrogen (secondary N) is 2. The van der Waals surface area contributed by atoms with Crippen molar-refractivity contribution in [2.75, 3.05) is 11.9 Å². The van der Waals surface area contributed by atoms with E-state index in [4.69, 9.17) is 0 Å². The van der Waals surface area contributed by atoms with Crippen molar-refractivity contribution in [2.45, 2.75) is 89.9 Å². The highest BCUT2D eigenvalue weighted by molar-refractivity contribution is 6.01. The minimum absolute atomic E-state index is 0.0288. The molecule has 0 bridgehead atoms. The van der Waals surface area contributed by atoms with E-state index in [0.29, 0.717) is 24.1 Å². The van der Waals surface area contributed by atoms with Gasteiger partial charge < -0.3 is 10.2 Å². The zero-order valence-corrected chi connectivity index (χ0v) is 21.9. The van der Waals surface area contributed by atoms with Crippen LogP contribution in [-0.4, -0.2) is 56.6 Å². The number of amides is 2. The molecule has 1 aromatic carbocycles. The van der Waals surface area contributed by atoms with E-state index in [1.165, 1.54) is 5.56 Å². The maximum absolute atomic E-state index is 14.1. The van der Waals surface area contributed by atoms with Crippen molar-refractivity contribution in [3.05, 3.63) is 35.7 Å². The Hall–Kier alpha value is -2.81. The summed E-state index contributed by atoms with van der Waals surface area (Å²) in [5.74, 6) is 0.747. The Morgan fingerprint density at radius 2 is 1.94 bits per heavy atom. The Morgan fingerprint density at radius 3 is 2.56 bits per heavy atom. The first-order chi connectivity index (χ1) is 17.4. The molecule has 5 rings (SSSR count). The third-order valence-electron chi connectivity index (χ3n) is 7.93. The topological polar surface area (TPSA) is 107 Å². The maximum Gasteiger partial charge on any atom is 0.265 e. The van der Waals surface area contributed by atoms with E-state index in [2.05, 4.69) is 69.8 Å². The van der Waals surface area contributed by atoms with E-state index in [-0.39, 0.29) is 35.7 Å². The fourth-order valence-electron chi connectivity index (χ4n) is 5.98. The number of tetrazole rings is 1. The standard InChI is InChI=1S/C27H39N7O2/c1-5-8-19(24-29-31-32-30-24)21(15-16(2)3)26(35)28-25-27(36)34(18-13-14-18)22-10-7-6-9-20(22)23(33(25)4)17-11-12-17/h6-7,9-10,16-19,21,23,25H,5,8,11-15H2,1-4H3,(H,28,35)(H,29,30,31,32). The average molecular weight is 494 g/mol. The second kappa shape index (κ2) is 10.3. The van der Waals surface area contributed by atoms with Gasteiger partial charge in [-0.2, -0.15) is 5.21 Å². The van der Waals surface area contributed by atoms with Crippen LogP contribution in [0.25, 0.3) is 0 Å². The van der Waals surface area contributed by atoms with Gasteiger partial charge in [-0.25, -0.2) is 0 Å². The number of para-hydroxylation sites is 1. The second-order valence-corrected chi connectivity index (χ2v) is 11.3. The first-order valence-electron chi connectivity index (χ1n) is 13.6. The molecule has 2 fully saturated rings. The van der Waals surface area contributed by atoms with Gasteiger partial charge in [0, 0.05) is 29.6 Å². The second-order valence-electron chi connectivity index (χ2n) is 11.3. The van der Waals surface area contributed by atoms with Gasteiger partial charge in [-0.05, 0) is 69.0 Å². The molecule has 1 aliphatic heterocycles. The normalized spacial score (nSPS) is 24.4. The highest BCUT2D eigenvalue weighted by atomic mass is 16.2. The Kier molecular flexibility index (Phi) is 7.10. The van der Waals surface area contributed by atoms with Gasteiger partial charge in [0.2, 0.25) is 5.91 Å². The number of anilines is 1. The number of nitrogens with zero attached hydrogens (tertiary/aromatic N) is 5. The van der Waals surface area contributed by atoms with E-state index in [9.17, 15) is 9.59 Å². The molecule has 194 valence electrons. The van der Waals surface area contributed by atoms with Crippen LogP contribution in [0.2, 0.25) is 0 Å². The maximum atomic E-state index is 14.1. The summed E-state index contributed by atoms with van der Waals surface area (Å²) in [4.78, 5) is 32.2. The molecule has 9 nitrogen and oxygen atoms in total. The molecule has 2 aromatic rings. The lowest BCUT2D eigenvalue weighted by Gasteiger charge is -2.35. The van der Waals surface area contributed by atoms with Crippen LogP contribution < -0.4 is 10.2 Å². The number of carbonyl (C=O) groups excluding carboxylic acids is 2. The van der Waals surface area contributed by atoms with Crippen molar-refractivity contribution in [1.82, 2.24) is 30.8 Å². The highest BCUT2D eigenvalue weighted by Crippen LogP contribution is 2.50. The van der Waals surface area contributed by atoms with Gasteiger partial charge in [-0.3, -0.25) is 14.5 Å².